The lowest BCUT2D eigenvalue weighted by Gasteiger charge is -2.42. The third-order valence-electron chi connectivity index (χ3n) is 10.3. The van der Waals surface area contributed by atoms with E-state index in [0.717, 1.165) is 24.3 Å². The number of nitrogens with zero attached hydrogens (tertiary/aromatic N) is 5. The van der Waals surface area contributed by atoms with Crippen molar-refractivity contribution in [3.05, 3.63) is 93.7 Å². The first kappa shape index (κ1) is 36.4. The predicted octanol–water partition coefficient (Wildman–Crippen LogP) is 5.89. The number of β-amino-alcohol motifs (C(OH)–C–C–N with tert-alkyl or cyclic N) is 1. The first-order valence-electron chi connectivity index (χ1n) is 17.0. The van der Waals surface area contributed by atoms with E-state index in [1.165, 1.54) is 12.1 Å². The molecule has 288 valence electrons. The standard InChI is InChI=1S/C36H29F8N7O4/c1-34(54)13-50(14-34)33-47-25-11-20(16-2-5-23(39)21(9-16)31(45)53)28(48-32(25)55-33)24(8-15-6-17(37)10-18(38)7-15)46-26(52)12-51-30-27(29(49-51)36(42,43)44)19-3-4-22(19)35(30,40)41/h2,5-7,9-11,19,22,24,54H,3-4,8,12-14H2,1H3,(H2,45,53)(H,46,52)/t19-,22+,24-/m0/s1. The summed E-state index contributed by atoms with van der Waals surface area (Å²) in [4.78, 5) is 36.5. The van der Waals surface area contributed by atoms with E-state index in [9.17, 15) is 41.0 Å². The lowest BCUT2D eigenvalue weighted by Crippen LogP contribution is -2.60. The molecule has 0 radical (unpaired) electrons. The van der Waals surface area contributed by atoms with Gasteiger partial charge < -0.3 is 25.5 Å². The Balaban J connectivity index is 1.24. The molecule has 5 aromatic rings. The fourth-order valence-corrected chi connectivity index (χ4v) is 7.81. The third kappa shape index (κ3) is 6.32. The Morgan fingerprint density at radius 2 is 1.76 bits per heavy atom. The number of fused-ring (bicyclic) bond motifs is 4. The van der Waals surface area contributed by atoms with Crippen LogP contribution in [0.1, 0.15) is 70.3 Å². The molecule has 3 aliphatic rings. The van der Waals surface area contributed by atoms with E-state index in [2.05, 4.69) is 20.4 Å². The molecule has 0 unspecified atom stereocenters. The molecule has 2 amide bonds. The van der Waals surface area contributed by atoms with Crippen molar-refractivity contribution < 1.29 is 54.2 Å². The van der Waals surface area contributed by atoms with Gasteiger partial charge >= 0.3 is 6.18 Å². The quantitative estimate of drug-likeness (QED) is 0.157. The molecule has 3 aromatic heterocycles. The van der Waals surface area contributed by atoms with Crippen LogP contribution in [0.4, 0.5) is 41.1 Å². The fraction of sp³-hybridized carbons (Fsp3) is 0.361. The van der Waals surface area contributed by atoms with Gasteiger partial charge in [-0.1, -0.05) is 6.07 Å². The fourth-order valence-electron chi connectivity index (χ4n) is 7.81. The van der Waals surface area contributed by atoms with Crippen molar-refractivity contribution in [2.45, 2.75) is 62.4 Å². The van der Waals surface area contributed by atoms with Gasteiger partial charge in [-0.3, -0.25) is 14.3 Å². The minimum Gasteiger partial charge on any atom is -0.404 e. The molecule has 55 heavy (non-hydrogen) atoms. The number of benzene rings is 2. The highest BCUT2D eigenvalue weighted by atomic mass is 19.4. The van der Waals surface area contributed by atoms with Crippen LogP contribution in [-0.4, -0.2) is 55.4 Å². The van der Waals surface area contributed by atoms with Crippen LogP contribution in [0.3, 0.4) is 0 Å². The lowest BCUT2D eigenvalue weighted by atomic mass is 9.73. The highest BCUT2D eigenvalue weighted by Crippen LogP contribution is 2.64. The van der Waals surface area contributed by atoms with E-state index in [4.69, 9.17) is 10.2 Å². The number of rotatable bonds is 9. The van der Waals surface area contributed by atoms with Crippen molar-refractivity contribution in [1.82, 2.24) is 25.1 Å². The van der Waals surface area contributed by atoms with Crippen molar-refractivity contribution in [2.75, 3.05) is 18.0 Å². The van der Waals surface area contributed by atoms with Crippen LogP contribution >= 0.6 is 0 Å². The Bertz CT molecular complexity index is 2380. The van der Waals surface area contributed by atoms with E-state index < -0.39 is 100 Å². The summed E-state index contributed by atoms with van der Waals surface area (Å²) < 4.78 is 123. The summed E-state index contributed by atoms with van der Waals surface area (Å²) in [5, 5.41) is 16.2. The summed E-state index contributed by atoms with van der Waals surface area (Å²) in [7, 11) is 0. The summed E-state index contributed by atoms with van der Waals surface area (Å²) in [5.74, 6) is -11.3. The van der Waals surface area contributed by atoms with Crippen LogP contribution in [-0.2, 0) is 29.9 Å². The average Bonchev–Trinajstić information content (AvgIpc) is 3.67. The molecular weight excluding hydrogens is 746 g/mol. The number of halogens is 8. The van der Waals surface area contributed by atoms with Gasteiger partial charge in [-0.15, -0.1) is 0 Å². The molecule has 0 spiro atoms. The van der Waals surface area contributed by atoms with Crippen LogP contribution in [0.5, 0.6) is 0 Å². The van der Waals surface area contributed by atoms with Crippen LogP contribution in [0.2, 0.25) is 0 Å². The number of primary amides is 1. The lowest BCUT2D eigenvalue weighted by molar-refractivity contribution is -0.144. The van der Waals surface area contributed by atoms with Crippen LogP contribution in [0.25, 0.3) is 22.4 Å². The number of aliphatic hydroxyl groups is 1. The number of oxazole rings is 1. The normalized spacial score (nSPS) is 20.1. The summed E-state index contributed by atoms with van der Waals surface area (Å²) in [6.07, 6.45) is -5.44. The number of aromatic nitrogens is 4. The molecule has 4 heterocycles. The van der Waals surface area contributed by atoms with Gasteiger partial charge in [0.15, 0.2) is 5.69 Å². The molecule has 4 N–H and O–H groups in total. The molecule has 8 rings (SSSR count). The van der Waals surface area contributed by atoms with Gasteiger partial charge in [-0.2, -0.15) is 32.0 Å². The summed E-state index contributed by atoms with van der Waals surface area (Å²) >= 11 is 0. The molecular formula is C36H29F8N7O4. The molecule has 0 bridgehead atoms. The molecule has 2 aliphatic carbocycles. The number of hydrogen-bond acceptors (Lipinski definition) is 8. The largest absolute Gasteiger partial charge is 0.435 e. The SMILES string of the molecule is CC1(O)CN(c2nc3cc(-c4ccc(F)c(C(N)=O)c4)c([C@H](Cc4cc(F)cc(F)c4)NC(=O)Cn4nc(C(F)(F)F)c5c4C(F)(F)[C@@H]4CC[C@H]54)nc3o2)C1. The number of nitrogens with two attached hydrogens (primary N) is 1. The summed E-state index contributed by atoms with van der Waals surface area (Å²) in [5.41, 5.74) is 0.725. The molecule has 2 fully saturated rings. The second-order valence-corrected chi connectivity index (χ2v) is 14.4. The average molecular weight is 776 g/mol. The zero-order valence-electron chi connectivity index (χ0n) is 28.5. The minimum absolute atomic E-state index is 0.0136. The molecule has 3 atom stereocenters. The Morgan fingerprint density at radius 3 is 2.38 bits per heavy atom. The first-order valence-corrected chi connectivity index (χ1v) is 17.0. The zero-order valence-corrected chi connectivity index (χ0v) is 28.5. The van der Waals surface area contributed by atoms with E-state index in [1.54, 1.807) is 11.8 Å². The Hall–Kier alpha value is -5.59. The minimum atomic E-state index is -5.09. The van der Waals surface area contributed by atoms with Gasteiger partial charge in [0.25, 0.3) is 17.8 Å². The Morgan fingerprint density at radius 1 is 1.05 bits per heavy atom. The Kier molecular flexibility index (Phi) is 8.25. The zero-order chi connectivity index (χ0) is 39.4. The van der Waals surface area contributed by atoms with E-state index in [0.29, 0.717) is 10.7 Å². The second kappa shape index (κ2) is 12.5. The van der Waals surface area contributed by atoms with Gasteiger partial charge in [0.1, 0.15) is 35.2 Å². The first-order chi connectivity index (χ1) is 25.8. The molecule has 11 nitrogen and oxygen atoms in total. The van der Waals surface area contributed by atoms with Crippen molar-refractivity contribution >= 4 is 29.1 Å². The summed E-state index contributed by atoms with van der Waals surface area (Å²) in [6.45, 7) is 0.789. The van der Waals surface area contributed by atoms with Gasteiger partial charge in [0.2, 0.25) is 11.6 Å². The highest BCUT2D eigenvalue weighted by molar-refractivity contribution is 5.95. The number of amides is 2. The maximum atomic E-state index is 15.5. The van der Waals surface area contributed by atoms with Crippen molar-refractivity contribution in [3.63, 3.8) is 0 Å². The molecule has 1 saturated heterocycles. The molecule has 1 saturated carbocycles. The monoisotopic (exact) mass is 775 g/mol. The van der Waals surface area contributed by atoms with Crippen LogP contribution in [0.15, 0.2) is 46.9 Å². The number of hydrogen-bond donors (Lipinski definition) is 3. The topological polar surface area (TPSA) is 152 Å². The highest BCUT2D eigenvalue weighted by Gasteiger charge is 2.63. The number of nitrogens with one attached hydrogen (secondary N) is 1. The smallest absolute Gasteiger partial charge is 0.404 e. The second-order valence-electron chi connectivity index (χ2n) is 14.4. The number of pyridine rings is 1. The van der Waals surface area contributed by atoms with Crippen LogP contribution < -0.4 is 16.0 Å². The van der Waals surface area contributed by atoms with Crippen molar-refractivity contribution in [1.29, 1.82) is 0 Å². The molecule has 2 aromatic carbocycles. The van der Waals surface area contributed by atoms with E-state index in [1.807, 2.05) is 0 Å². The van der Waals surface area contributed by atoms with E-state index in [-0.39, 0.29) is 65.6 Å². The third-order valence-corrected chi connectivity index (χ3v) is 10.3. The Labute approximate surface area is 305 Å². The predicted molar refractivity (Wildman–Crippen MR) is 176 cm³/mol. The van der Waals surface area contributed by atoms with Gasteiger partial charge in [0, 0.05) is 23.1 Å². The van der Waals surface area contributed by atoms with Gasteiger partial charge in [-0.25, -0.2) is 18.2 Å². The van der Waals surface area contributed by atoms with E-state index >= 15 is 8.78 Å². The van der Waals surface area contributed by atoms with Gasteiger partial charge in [-0.05, 0) is 73.6 Å². The number of anilines is 1. The number of carbonyl (C=O) groups excluding carboxylic acids is 2. The number of alkyl halides is 5. The molecule has 1 aliphatic heterocycles. The maximum absolute atomic E-state index is 15.5. The van der Waals surface area contributed by atoms with Crippen LogP contribution in [0, 0.1) is 23.4 Å². The van der Waals surface area contributed by atoms with Gasteiger partial charge in [0.05, 0.1) is 36.0 Å². The molecule has 19 heteroatoms. The van der Waals surface area contributed by atoms with Crippen molar-refractivity contribution in [2.24, 2.45) is 11.7 Å². The number of carbonyl (C=O) groups is 2. The maximum Gasteiger partial charge on any atom is 0.435 e. The van der Waals surface area contributed by atoms with Crippen molar-refractivity contribution in [3.8, 4) is 11.1 Å². The summed E-state index contributed by atoms with van der Waals surface area (Å²) in [6, 6.07) is 5.84.